The zero-order valence-corrected chi connectivity index (χ0v) is 10.2. The number of aliphatic hydroxyl groups is 1. The summed E-state index contributed by atoms with van der Waals surface area (Å²) in [6.45, 7) is 7.86. The van der Waals surface area contributed by atoms with Crippen LogP contribution in [-0.4, -0.2) is 16.7 Å². The van der Waals surface area contributed by atoms with Gasteiger partial charge in [0.1, 0.15) is 17.5 Å². The van der Waals surface area contributed by atoms with Crippen molar-refractivity contribution in [3.8, 4) is 5.75 Å². The monoisotopic (exact) mass is 221 g/mol. The summed E-state index contributed by atoms with van der Waals surface area (Å²) in [6, 6.07) is 3.54. The minimum Gasteiger partial charge on any atom is -0.486 e. The number of hydrogen-bond donors (Lipinski definition) is 2. The van der Waals surface area contributed by atoms with Crippen LogP contribution in [0.15, 0.2) is 12.1 Å². The van der Waals surface area contributed by atoms with Gasteiger partial charge in [-0.05, 0) is 51.0 Å². The SMILES string of the molecule is Cc1cc2c(cc1C)C(O)C(N)C(C)(C)O2. The smallest absolute Gasteiger partial charge is 0.126 e. The molecule has 0 bridgehead atoms. The minimum atomic E-state index is -0.655. The summed E-state index contributed by atoms with van der Waals surface area (Å²) in [4.78, 5) is 0. The van der Waals surface area contributed by atoms with E-state index in [2.05, 4.69) is 0 Å². The standard InChI is InChI=1S/C13H19NO2/c1-7-5-9-10(6-8(7)2)16-13(3,4)12(14)11(9)15/h5-6,11-12,15H,14H2,1-4H3. The highest BCUT2D eigenvalue weighted by Crippen LogP contribution is 2.39. The highest BCUT2D eigenvalue weighted by atomic mass is 16.5. The van der Waals surface area contributed by atoms with Gasteiger partial charge in [-0.25, -0.2) is 0 Å². The van der Waals surface area contributed by atoms with Gasteiger partial charge >= 0.3 is 0 Å². The molecule has 0 fully saturated rings. The van der Waals surface area contributed by atoms with Crippen LogP contribution in [0.5, 0.6) is 5.75 Å². The van der Waals surface area contributed by atoms with Gasteiger partial charge in [-0.2, -0.15) is 0 Å². The first-order valence-electron chi connectivity index (χ1n) is 5.57. The second-order valence-corrected chi connectivity index (χ2v) is 5.15. The second-order valence-electron chi connectivity index (χ2n) is 5.15. The fraction of sp³-hybridized carbons (Fsp3) is 0.538. The van der Waals surface area contributed by atoms with E-state index in [9.17, 15) is 5.11 Å². The van der Waals surface area contributed by atoms with Crippen molar-refractivity contribution in [2.45, 2.75) is 45.4 Å². The van der Waals surface area contributed by atoms with Crippen LogP contribution >= 0.6 is 0 Å². The molecule has 0 spiro atoms. The third-order valence-corrected chi connectivity index (χ3v) is 3.46. The Morgan fingerprint density at radius 3 is 2.44 bits per heavy atom. The summed E-state index contributed by atoms with van der Waals surface area (Å²) >= 11 is 0. The summed E-state index contributed by atoms with van der Waals surface area (Å²) < 4.78 is 5.85. The maximum atomic E-state index is 10.2. The highest BCUT2D eigenvalue weighted by Gasteiger charge is 2.40. The van der Waals surface area contributed by atoms with Gasteiger partial charge in [0, 0.05) is 5.56 Å². The van der Waals surface area contributed by atoms with Gasteiger partial charge in [0.05, 0.1) is 6.04 Å². The second kappa shape index (κ2) is 3.47. The molecule has 0 saturated heterocycles. The molecule has 1 aliphatic rings. The van der Waals surface area contributed by atoms with Gasteiger partial charge in [0.15, 0.2) is 0 Å². The molecule has 3 N–H and O–H groups in total. The lowest BCUT2D eigenvalue weighted by atomic mass is 9.86. The van der Waals surface area contributed by atoms with Crippen molar-refractivity contribution in [2.24, 2.45) is 5.73 Å². The maximum absolute atomic E-state index is 10.2. The molecule has 2 atom stereocenters. The van der Waals surface area contributed by atoms with E-state index in [0.717, 1.165) is 22.4 Å². The number of nitrogens with two attached hydrogens (primary N) is 1. The molecular weight excluding hydrogens is 202 g/mol. The van der Waals surface area contributed by atoms with Crippen molar-refractivity contribution in [1.29, 1.82) is 0 Å². The van der Waals surface area contributed by atoms with Gasteiger partial charge in [-0.15, -0.1) is 0 Å². The average molecular weight is 221 g/mol. The first-order valence-corrected chi connectivity index (χ1v) is 5.57. The first kappa shape index (κ1) is 11.4. The molecule has 1 aromatic rings. The summed E-state index contributed by atoms with van der Waals surface area (Å²) in [5.41, 5.74) is 8.56. The number of hydrogen-bond acceptors (Lipinski definition) is 3. The Morgan fingerprint density at radius 2 is 1.81 bits per heavy atom. The van der Waals surface area contributed by atoms with Crippen LogP contribution in [0.3, 0.4) is 0 Å². The van der Waals surface area contributed by atoms with E-state index in [1.807, 2.05) is 39.8 Å². The number of ether oxygens (including phenoxy) is 1. The van der Waals surface area contributed by atoms with Crippen molar-refractivity contribution in [3.63, 3.8) is 0 Å². The Hall–Kier alpha value is -1.06. The molecule has 0 aromatic heterocycles. The van der Waals surface area contributed by atoms with Crippen LogP contribution in [0.1, 0.15) is 36.6 Å². The van der Waals surface area contributed by atoms with E-state index in [-0.39, 0.29) is 0 Å². The topological polar surface area (TPSA) is 55.5 Å². The predicted molar refractivity (Wildman–Crippen MR) is 63.6 cm³/mol. The van der Waals surface area contributed by atoms with E-state index in [1.54, 1.807) is 0 Å². The Labute approximate surface area is 96.2 Å². The molecule has 0 radical (unpaired) electrons. The van der Waals surface area contributed by atoms with Gasteiger partial charge in [-0.3, -0.25) is 0 Å². The molecule has 16 heavy (non-hydrogen) atoms. The zero-order valence-electron chi connectivity index (χ0n) is 10.2. The van der Waals surface area contributed by atoms with Crippen LogP contribution in [0.25, 0.3) is 0 Å². The Bertz CT molecular complexity index is 426. The van der Waals surface area contributed by atoms with E-state index in [1.165, 1.54) is 0 Å². The Balaban J connectivity index is 2.55. The molecule has 2 unspecified atom stereocenters. The lowest BCUT2D eigenvalue weighted by molar-refractivity contribution is -0.0118. The van der Waals surface area contributed by atoms with Crippen LogP contribution in [0.2, 0.25) is 0 Å². The fourth-order valence-electron chi connectivity index (χ4n) is 2.06. The minimum absolute atomic E-state index is 0.401. The van der Waals surface area contributed by atoms with Crippen LogP contribution in [0.4, 0.5) is 0 Å². The fourth-order valence-corrected chi connectivity index (χ4v) is 2.06. The summed E-state index contributed by atoms with van der Waals surface area (Å²) in [7, 11) is 0. The normalized spacial score (nSPS) is 27.1. The van der Waals surface area contributed by atoms with Crippen LogP contribution in [0, 0.1) is 13.8 Å². The molecule has 0 amide bonds. The largest absolute Gasteiger partial charge is 0.486 e. The van der Waals surface area contributed by atoms with Crippen LogP contribution in [-0.2, 0) is 0 Å². The molecule has 3 heteroatoms. The molecule has 1 aromatic carbocycles. The van der Waals surface area contributed by atoms with Gasteiger partial charge in [0.2, 0.25) is 0 Å². The molecular formula is C13H19NO2. The van der Waals surface area contributed by atoms with E-state index < -0.39 is 17.7 Å². The number of aliphatic hydroxyl groups excluding tert-OH is 1. The Morgan fingerprint density at radius 1 is 1.25 bits per heavy atom. The Kier molecular flexibility index (Phi) is 2.48. The van der Waals surface area contributed by atoms with E-state index in [4.69, 9.17) is 10.5 Å². The van der Waals surface area contributed by atoms with Gasteiger partial charge in [-0.1, -0.05) is 0 Å². The third kappa shape index (κ3) is 1.60. The van der Waals surface area contributed by atoms with Gasteiger partial charge in [0.25, 0.3) is 0 Å². The van der Waals surface area contributed by atoms with Crippen LogP contribution < -0.4 is 10.5 Å². The van der Waals surface area contributed by atoms with E-state index >= 15 is 0 Å². The highest BCUT2D eigenvalue weighted by molar-refractivity contribution is 5.45. The molecule has 88 valence electrons. The first-order chi connectivity index (χ1) is 7.33. The van der Waals surface area contributed by atoms with Crippen molar-refractivity contribution >= 4 is 0 Å². The molecule has 0 saturated carbocycles. The predicted octanol–water partition coefficient (Wildman–Crippen LogP) is 1.84. The zero-order chi connectivity index (χ0) is 12.1. The van der Waals surface area contributed by atoms with E-state index in [0.29, 0.717) is 0 Å². The molecule has 2 rings (SSSR count). The maximum Gasteiger partial charge on any atom is 0.126 e. The lowest BCUT2D eigenvalue weighted by Gasteiger charge is -2.41. The van der Waals surface area contributed by atoms with Crippen molar-refractivity contribution < 1.29 is 9.84 Å². The molecule has 1 heterocycles. The average Bonchev–Trinajstić information content (AvgIpc) is 2.18. The number of rotatable bonds is 0. The molecule has 0 aliphatic carbocycles. The number of aryl methyl sites for hydroxylation is 2. The van der Waals surface area contributed by atoms with Crippen molar-refractivity contribution in [2.75, 3.05) is 0 Å². The number of benzene rings is 1. The van der Waals surface area contributed by atoms with Crippen molar-refractivity contribution in [3.05, 3.63) is 28.8 Å². The quantitative estimate of drug-likeness (QED) is 0.702. The van der Waals surface area contributed by atoms with Gasteiger partial charge < -0.3 is 15.6 Å². The third-order valence-electron chi connectivity index (χ3n) is 3.46. The van der Waals surface area contributed by atoms with Crippen molar-refractivity contribution in [1.82, 2.24) is 0 Å². The molecule has 1 aliphatic heterocycles. The summed E-state index contributed by atoms with van der Waals surface area (Å²) in [5, 5.41) is 10.2. The molecule has 3 nitrogen and oxygen atoms in total. The number of fused-ring (bicyclic) bond motifs is 1. The lowest BCUT2D eigenvalue weighted by Crippen LogP contribution is -2.54. The summed E-state index contributed by atoms with van der Waals surface area (Å²) in [6.07, 6.45) is -0.655. The summed E-state index contributed by atoms with van der Waals surface area (Å²) in [5.74, 6) is 0.752.